The van der Waals surface area contributed by atoms with E-state index >= 15 is 0 Å². The summed E-state index contributed by atoms with van der Waals surface area (Å²) in [5, 5.41) is 121. The number of nitriles is 12. The molecule has 0 saturated carbocycles. The van der Waals surface area contributed by atoms with Crippen molar-refractivity contribution in [1.29, 1.82) is 63.1 Å². The highest BCUT2D eigenvalue weighted by atomic mass is 14.9. The van der Waals surface area contributed by atoms with Crippen molar-refractivity contribution in [2.24, 2.45) is 0 Å². The quantitative estimate of drug-likeness (QED) is 0.207. The van der Waals surface area contributed by atoms with Gasteiger partial charge >= 0.3 is 0 Å². The normalized spacial score (nSPS) is 11.0. The van der Waals surface area contributed by atoms with Crippen LogP contribution in [-0.2, 0) is 0 Å². The maximum atomic E-state index is 10.3. The van der Waals surface area contributed by atoms with E-state index in [1.54, 1.807) is 72.8 Å². The van der Waals surface area contributed by atoms with Crippen molar-refractivity contribution in [2.45, 2.75) is 0 Å². The second-order valence-electron chi connectivity index (χ2n) is 10.7. The predicted octanol–water partition coefficient (Wildman–Crippen LogP) is 2.78. The maximum absolute atomic E-state index is 10.3. The zero-order chi connectivity index (χ0) is 38.6. The molecule has 0 fully saturated rings. The van der Waals surface area contributed by atoms with Crippen LogP contribution in [0.25, 0.3) is 50.5 Å². The number of nitrogens with zero attached hydrogens (tertiary/aromatic N) is 18. The Kier molecular flexibility index (Phi) is 6.91. The number of aromatic nitrogens is 6. The number of fused-ring (bicyclic) bond motifs is 12. The number of allylic oxidation sites excluding steroid dienone is 3. The van der Waals surface area contributed by atoms with Crippen LogP contribution in [-0.4, -0.2) is 29.9 Å². The highest BCUT2D eigenvalue weighted by Crippen LogP contribution is 2.63. The summed E-state index contributed by atoms with van der Waals surface area (Å²) < 4.78 is 0. The molecule has 3 aliphatic rings. The first-order valence-electron chi connectivity index (χ1n) is 14.4. The minimum atomic E-state index is -0.626. The van der Waals surface area contributed by atoms with E-state index in [0.29, 0.717) is 0 Å². The molecule has 0 aliphatic heterocycles. The van der Waals surface area contributed by atoms with E-state index in [2.05, 4.69) is 29.9 Å². The lowest BCUT2D eigenvalue weighted by atomic mass is 9.83. The average molecular weight is 685 g/mol. The summed E-state index contributed by atoms with van der Waals surface area (Å²) in [6.45, 7) is 0. The van der Waals surface area contributed by atoms with Gasteiger partial charge in [-0.1, -0.05) is 0 Å². The first-order valence-corrected chi connectivity index (χ1v) is 14.4. The largest absolute Gasteiger partial charge is 0.232 e. The molecule has 0 bridgehead atoms. The third-order valence-corrected chi connectivity index (χ3v) is 8.41. The molecule has 3 heterocycles. The van der Waals surface area contributed by atoms with Gasteiger partial charge in [0.1, 0.15) is 107 Å². The Morgan fingerprint density at radius 1 is 0.259 bits per heavy atom. The number of benzene rings is 1. The molecule has 18 nitrogen and oxygen atoms in total. The molecule has 0 spiro atoms. The van der Waals surface area contributed by atoms with Gasteiger partial charge in [0.2, 0.25) is 0 Å². The molecule has 4 aromatic rings. The number of hydrogen-bond acceptors (Lipinski definition) is 18. The van der Waals surface area contributed by atoms with Gasteiger partial charge in [0.25, 0.3) is 0 Å². The van der Waals surface area contributed by atoms with Gasteiger partial charge in [-0.05, 0) is 0 Å². The Balaban J connectivity index is 1.94. The molecule has 3 aromatic heterocycles. The van der Waals surface area contributed by atoms with Crippen LogP contribution in [0.1, 0.15) is 67.9 Å². The van der Waals surface area contributed by atoms with Crippen LogP contribution >= 0.6 is 0 Å². The van der Waals surface area contributed by atoms with E-state index in [0.717, 1.165) is 0 Å². The van der Waals surface area contributed by atoms with Crippen LogP contribution in [0.2, 0.25) is 0 Å². The van der Waals surface area contributed by atoms with Gasteiger partial charge in [0.15, 0.2) is 34.2 Å². The molecule has 18 heteroatoms. The standard InChI is InChI=1S/C36N18/c37-1-13(2-38)22-25-28(34-31(22)49-16(7-43)19(10-46)52-34)26-23(14(3-39)4-40)33-36(54-21(12-48)18(9-45)51-33)30(26)27-24(15(5-41)6-42)32-35(29(25)27)53-20(11-47)17(8-44)50-32. The Bertz CT molecular complexity index is 2870. The predicted molar refractivity (Wildman–Crippen MR) is 170 cm³/mol. The first kappa shape index (κ1) is 32.1. The smallest absolute Gasteiger partial charge is 0.177 e. The van der Waals surface area contributed by atoms with Crippen molar-refractivity contribution in [3.05, 3.63) is 84.7 Å². The maximum Gasteiger partial charge on any atom is 0.177 e. The van der Waals surface area contributed by atoms with Crippen molar-refractivity contribution in [1.82, 2.24) is 29.9 Å². The third kappa shape index (κ3) is 3.83. The van der Waals surface area contributed by atoms with Gasteiger partial charge in [-0.25, -0.2) is 29.9 Å². The summed E-state index contributed by atoms with van der Waals surface area (Å²) >= 11 is 0. The van der Waals surface area contributed by atoms with Crippen molar-refractivity contribution >= 4 is 16.7 Å². The Hall–Kier alpha value is -10.4. The highest BCUT2D eigenvalue weighted by Gasteiger charge is 2.48. The van der Waals surface area contributed by atoms with Gasteiger partial charge in [-0.2, -0.15) is 63.1 Å². The van der Waals surface area contributed by atoms with Crippen LogP contribution in [0.4, 0.5) is 0 Å². The minimum absolute atomic E-state index is 0.132. The molecule has 0 atom stereocenters. The lowest BCUT2D eigenvalue weighted by Crippen LogP contribution is -2.01. The Labute approximate surface area is 300 Å². The van der Waals surface area contributed by atoms with E-state index in [1.165, 1.54) is 0 Å². The molecule has 1 aromatic carbocycles. The fourth-order valence-corrected chi connectivity index (χ4v) is 6.53. The highest BCUT2D eigenvalue weighted by molar-refractivity contribution is 6.22. The van der Waals surface area contributed by atoms with Crippen LogP contribution in [0.15, 0.2) is 16.7 Å². The second kappa shape index (κ2) is 11.6. The molecule has 0 saturated heterocycles. The van der Waals surface area contributed by atoms with Crippen LogP contribution in [0, 0.1) is 136 Å². The molecule has 7 rings (SSSR count). The van der Waals surface area contributed by atoms with E-state index in [1.807, 2.05) is 0 Å². The van der Waals surface area contributed by atoms with Crippen LogP contribution in [0.5, 0.6) is 0 Å². The lowest BCUT2D eigenvalue weighted by molar-refractivity contribution is 1.12. The summed E-state index contributed by atoms with van der Waals surface area (Å²) in [5.74, 6) is 0. The van der Waals surface area contributed by atoms with Gasteiger partial charge in [-0.3, -0.25) is 0 Å². The summed E-state index contributed by atoms with van der Waals surface area (Å²) in [6.07, 6.45) is 0. The van der Waals surface area contributed by atoms with E-state index < -0.39 is 50.9 Å². The summed E-state index contributed by atoms with van der Waals surface area (Å²) in [4.78, 5) is 26.1. The molecular weight excluding hydrogens is 685 g/mol. The van der Waals surface area contributed by atoms with Crippen molar-refractivity contribution in [2.75, 3.05) is 0 Å². The number of hydrogen-bond donors (Lipinski definition) is 0. The van der Waals surface area contributed by atoms with Gasteiger partial charge in [0, 0.05) is 50.1 Å². The fraction of sp³-hybridized carbons (Fsp3) is 0. The van der Waals surface area contributed by atoms with E-state index in [-0.39, 0.29) is 84.3 Å². The topological polar surface area (TPSA) is 363 Å². The van der Waals surface area contributed by atoms with E-state index in [9.17, 15) is 63.1 Å². The summed E-state index contributed by atoms with van der Waals surface area (Å²) in [5.41, 5.74) is -8.34. The summed E-state index contributed by atoms with van der Waals surface area (Å²) in [7, 11) is 0. The SMILES string of the molecule is N#CC(C#N)=C1c2nc(C#N)c(C#N)nc2-c2c1c1c(c3c2C(=C(C#N)C#N)c2nc(C#N)c(C#N)nc2-3)C(=C(C#N)C#N)c2nc(C#N)c(C#N)nc2-1. The molecule has 54 heavy (non-hydrogen) atoms. The van der Waals surface area contributed by atoms with E-state index in [4.69, 9.17) is 0 Å². The van der Waals surface area contributed by atoms with Crippen molar-refractivity contribution < 1.29 is 0 Å². The lowest BCUT2D eigenvalue weighted by Gasteiger charge is -2.17. The molecular formula is C36N18. The zero-order valence-electron chi connectivity index (χ0n) is 26.0. The second-order valence-corrected chi connectivity index (χ2v) is 10.7. The first-order chi connectivity index (χ1) is 26.3. The third-order valence-electron chi connectivity index (χ3n) is 8.41. The van der Waals surface area contributed by atoms with Crippen LogP contribution in [0.3, 0.4) is 0 Å². The molecule has 0 N–H and O–H groups in total. The summed E-state index contributed by atoms with van der Waals surface area (Å²) in [6, 6.07) is 21.1. The Morgan fingerprint density at radius 2 is 0.444 bits per heavy atom. The number of rotatable bonds is 0. The van der Waals surface area contributed by atoms with Crippen molar-refractivity contribution in [3.63, 3.8) is 0 Å². The molecule has 0 amide bonds. The molecule has 3 aliphatic carbocycles. The van der Waals surface area contributed by atoms with Crippen molar-refractivity contribution in [3.8, 4) is 107 Å². The zero-order valence-corrected chi connectivity index (χ0v) is 26.0. The monoisotopic (exact) mass is 684 g/mol. The fourth-order valence-electron chi connectivity index (χ4n) is 6.53. The molecule has 0 radical (unpaired) electrons. The molecule has 0 unspecified atom stereocenters. The van der Waals surface area contributed by atoms with Crippen LogP contribution < -0.4 is 0 Å². The minimum Gasteiger partial charge on any atom is -0.232 e. The van der Waals surface area contributed by atoms with Gasteiger partial charge in [-0.15, -0.1) is 0 Å². The van der Waals surface area contributed by atoms with Gasteiger partial charge in [0.05, 0.1) is 17.1 Å². The average Bonchev–Trinajstić information content (AvgIpc) is 3.82. The Morgan fingerprint density at radius 3 is 0.611 bits per heavy atom. The van der Waals surface area contributed by atoms with Gasteiger partial charge < -0.3 is 0 Å². The molecule has 234 valence electrons.